The van der Waals surface area contributed by atoms with Crippen molar-refractivity contribution in [1.82, 2.24) is 9.97 Å². The van der Waals surface area contributed by atoms with Gasteiger partial charge in [-0.2, -0.15) is 4.98 Å². The van der Waals surface area contributed by atoms with Crippen LogP contribution in [-0.2, 0) is 0 Å². The molecule has 5 heteroatoms. The molecular weight excluding hydrogens is 274 g/mol. The van der Waals surface area contributed by atoms with Gasteiger partial charge in [0.2, 0.25) is 5.88 Å². The Hall–Kier alpha value is -1.81. The zero-order chi connectivity index (χ0) is 14.7. The summed E-state index contributed by atoms with van der Waals surface area (Å²) in [5.74, 6) is 2.92. The first-order valence-corrected chi connectivity index (χ1v) is 6.88. The maximum Gasteiger partial charge on any atom is 0.224 e. The Bertz CT molecular complexity index is 614. The fourth-order valence-electron chi connectivity index (χ4n) is 1.68. The molecule has 0 amide bonds. The molecule has 1 aromatic heterocycles. The monoisotopic (exact) mass is 291 g/mol. The molecule has 2 aromatic rings. The minimum Gasteiger partial charge on any atom is -0.439 e. The fraction of sp³-hybridized carbons (Fsp3) is 0.333. The van der Waals surface area contributed by atoms with Crippen LogP contribution in [0.15, 0.2) is 24.3 Å². The molecule has 0 aliphatic rings. The van der Waals surface area contributed by atoms with E-state index in [0.29, 0.717) is 16.7 Å². The zero-order valence-corrected chi connectivity index (χ0v) is 12.8. The molecular formula is C15H18ClN3O. The van der Waals surface area contributed by atoms with Crippen molar-refractivity contribution in [3.05, 3.63) is 40.7 Å². The molecule has 0 bridgehead atoms. The van der Waals surface area contributed by atoms with Gasteiger partial charge < -0.3 is 10.1 Å². The van der Waals surface area contributed by atoms with Crippen molar-refractivity contribution in [1.29, 1.82) is 0 Å². The van der Waals surface area contributed by atoms with Crippen LogP contribution in [0.25, 0.3) is 0 Å². The second kappa shape index (κ2) is 6.09. The van der Waals surface area contributed by atoms with E-state index < -0.39 is 0 Å². The lowest BCUT2D eigenvalue weighted by atomic mass is 10.2. The first kappa shape index (κ1) is 14.6. The zero-order valence-electron chi connectivity index (χ0n) is 12.1. The highest BCUT2D eigenvalue weighted by Crippen LogP contribution is 2.28. The molecule has 1 heterocycles. The van der Waals surface area contributed by atoms with Crippen molar-refractivity contribution < 1.29 is 4.74 Å². The van der Waals surface area contributed by atoms with Crippen molar-refractivity contribution in [2.45, 2.75) is 26.7 Å². The van der Waals surface area contributed by atoms with Crippen molar-refractivity contribution >= 4 is 17.4 Å². The average molecular weight is 292 g/mol. The Morgan fingerprint density at radius 3 is 2.60 bits per heavy atom. The molecule has 4 nitrogen and oxygen atoms in total. The highest BCUT2D eigenvalue weighted by molar-refractivity contribution is 6.30. The Morgan fingerprint density at radius 1 is 1.20 bits per heavy atom. The Morgan fingerprint density at radius 2 is 1.95 bits per heavy atom. The quantitative estimate of drug-likeness (QED) is 0.907. The van der Waals surface area contributed by atoms with Crippen molar-refractivity contribution in [3.8, 4) is 11.6 Å². The Balaban J connectivity index is 2.37. The third-order valence-electron chi connectivity index (χ3n) is 2.86. The largest absolute Gasteiger partial charge is 0.439 e. The summed E-state index contributed by atoms with van der Waals surface area (Å²) in [7, 11) is 1.82. The lowest BCUT2D eigenvalue weighted by Crippen LogP contribution is -2.03. The molecule has 0 aliphatic carbocycles. The van der Waals surface area contributed by atoms with Crippen LogP contribution in [0.3, 0.4) is 0 Å². The Labute approximate surface area is 124 Å². The number of rotatable bonds is 4. The van der Waals surface area contributed by atoms with E-state index in [0.717, 1.165) is 17.2 Å². The van der Waals surface area contributed by atoms with Crippen molar-refractivity contribution in [3.63, 3.8) is 0 Å². The number of hydrogen-bond acceptors (Lipinski definition) is 4. The fourth-order valence-corrected chi connectivity index (χ4v) is 1.84. The third kappa shape index (κ3) is 3.39. The summed E-state index contributed by atoms with van der Waals surface area (Å²) in [6, 6.07) is 7.31. The van der Waals surface area contributed by atoms with E-state index in [4.69, 9.17) is 16.3 Å². The number of ether oxygens (including phenoxy) is 1. The van der Waals surface area contributed by atoms with E-state index in [-0.39, 0.29) is 5.92 Å². The van der Waals surface area contributed by atoms with Crippen LogP contribution in [0.5, 0.6) is 11.6 Å². The third-order valence-corrected chi connectivity index (χ3v) is 3.09. The number of aromatic nitrogens is 2. The van der Waals surface area contributed by atoms with E-state index in [1.165, 1.54) is 0 Å². The lowest BCUT2D eigenvalue weighted by molar-refractivity contribution is 0.454. The summed E-state index contributed by atoms with van der Waals surface area (Å²) < 4.78 is 5.85. The standard InChI is InChI=1S/C15H18ClN3O/c1-9(2)15-18-13(17-4)8-14(19-15)20-12-7-11(16)6-5-10(12)3/h5-9H,1-4H3,(H,17,18,19). The normalized spacial score (nSPS) is 10.7. The molecule has 0 saturated carbocycles. The van der Waals surface area contributed by atoms with Crippen LogP contribution in [0.2, 0.25) is 5.02 Å². The van der Waals surface area contributed by atoms with Crippen LogP contribution < -0.4 is 10.1 Å². The molecule has 0 unspecified atom stereocenters. The Kier molecular flexibility index (Phi) is 4.45. The van der Waals surface area contributed by atoms with Gasteiger partial charge in [0.25, 0.3) is 0 Å². The van der Waals surface area contributed by atoms with Crippen LogP contribution >= 0.6 is 11.6 Å². The van der Waals surface area contributed by atoms with Crippen molar-refractivity contribution in [2.75, 3.05) is 12.4 Å². The van der Waals surface area contributed by atoms with Gasteiger partial charge >= 0.3 is 0 Å². The van der Waals surface area contributed by atoms with E-state index >= 15 is 0 Å². The SMILES string of the molecule is CNc1cc(Oc2cc(Cl)ccc2C)nc(C(C)C)n1. The number of benzene rings is 1. The highest BCUT2D eigenvalue weighted by atomic mass is 35.5. The van der Waals surface area contributed by atoms with Gasteiger partial charge in [-0.3, -0.25) is 0 Å². The van der Waals surface area contributed by atoms with Gasteiger partial charge in [-0.05, 0) is 24.6 Å². The van der Waals surface area contributed by atoms with E-state index in [1.54, 1.807) is 12.1 Å². The molecule has 1 aromatic carbocycles. The lowest BCUT2D eigenvalue weighted by Gasteiger charge is -2.12. The minimum atomic E-state index is 0.228. The summed E-state index contributed by atoms with van der Waals surface area (Å²) >= 11 is 6.00. The first-order valence-electron chi connectivity index (χ1n) is 6.50. The van der Waals surface area contributed by atoms with Gasteiger partial charge in [-0.25, -0.2) is 4.98 Å². The molecule has 2 rings (SSSR count). The number of aryl methyl sites for hydroxylation is 1. The van der Waals surface area contributed by atoms with Gasteiger partial charge in [0, 0.05) is 24.1 Å². The highest BCUT2D eigenvalue weighted by Gasteiger charge is 2.10. The summed E-state index contributed by atoms with van der Waals surface area (Å²) in [5, 5.41) is 3.65. The molecule has 0 atom stereocenters. The first-order chi connectivity index (χ1) is 9.49. The molecule has 20 heavy (non-hydrogen) atoms. The van der Waals surface area contributed by atoms with Crippen LogP contribution in [-0.4, -0.2) is 17.0 Å². The average Bonchev–Trinajstić information content (AvgIpc) is 2.42. The molecule has 0 aliphatic heterocycles. The van der Waals surface area contributed by atoms with Crippen LogP contribution in [0.1, 0.15) is 31.2 Å². The number of nitrogens with zero attached hydrogens (tertiary/aromatic N) is 2. The molecule has 0 saturated heterocycles. The molecule has 0 radical (unpaired) electrons. The topological polar surface area (TPSA) is 47.0 Å². The maximum absolute atomic E-state index is 6.00. The predicted octanol–water partition coefficient (Wildman–Crippen LogP) is 4.40. The summed E-state index contributed by atoms with van der Waals surface area (Å²) in [4.78, 5) is 8.84. The summed E-state index contributed by atoms with van der Waals surface area (Å²) in [6.45, 7) is 6.06. The molecule has 1 N–H and O–H groups in total. The van der Waals surface area contributed by atoms with Gasteiger partial charge in [-0.15, -0.1) is 0 Å². The summed E-state index contributed by atoms with van der Waals surface area (Å²) in [6.07, 6.45) is 0. The number of nitrogens with one attached hydrogen (secondary N) is 1. The smallest absolute Gasteiger partial charge is 0.224 e. The minimum absolute atomic E-state index is 0.228. The van der Waals surface area contributed by atoms with E-state index in [1.807, 2.05) is 40.0 Å². The van der Waals surface area contributed by atoms with Gasteiger partial charge in [0.15, 0.2) is 0 Å². The second-order valence-electron chi connectivity index (χ2n) is 4.87. The second-order valence-corrected chi connectivity index (χ2v) is 5.30. The molecule has 0 spiro atoms. The maximum atomic E-state index is 6.00. The number of halogens is 1. The van der Waals surface area contributed by atoms with Gasteiger partial charge in [-0.1, -0.05) is 31.5 Å². The van der Waals surface area contributed by atoms with Crippen LogP contribution in [0, 0.1) is 6.92 Å². The molecule has 0 fully saturated rings. The molecule has 106 valence electrons. The van der Waals surface area contributed by atoms with E-state index in [9.17, 15) is 0 Å². The number of hydrogen-bond donors (Lipinski definition) is 1. The number of anilines is 1. The van der Waals surface area contributed by atoms with Gasteiger partial charge in [0.05, 0.1) is 0 Å². The van der Waals surface area contributed by atoms with Crippen molar-refractivity contribution in [2.24, 2.45) is 0 Å². The van der Waals surface area contributed by atoms with Gasteiger partial charge in [0.1, 0.15) is 17.4 Å². The predicted molar refractivity (Wildman–Crippen MR) is 81.9 cm³/mol. The van der Waals surface area contributed by atoms with Crippen LogP contribution in [0.4, 0.5) is 5.82 Å². The summed E-state index contributed by atoms with van der Waals surface area (Å²) in [5.41, 5.74) is 1.00. The van der Waals surface area contributed by atoms with E-state index in [2.05, 4.69) is 15.3 Å².